The molecule has 0 aromatic heterocycles. The lowest BCUT2D eigenvalue weighted by molar-refractivity contribution is -0.150. The second kappa shape index (κ2) is 10.7. The zero-order valence-electron chi connectivity index (χ0n) is 23.2. The minimum absolute atomic E-state index is 0.0359. The fraction of sp³-hybridized carbons (Fsp3) is 0.548. The molecule has 6 nitrogen and oxygen atoms in total. The number of hydrogen-bond donors (Lipinski definition) is 1. The highest BCUT2D eigenvalue weighted by Gasteiger charge is 2.51. The van der Waals surface area contributed by atoms with Gasteiger partial charge < -0.3 is 19.6 Å². The third kappa shape index (κ3) is 5.32. The van der Waals surface area contributed by atoms with Crippen LogP contribution >= 0.6 is 0 Å². The Bertz CT molecular complexity index is 1280. The number of rotatable bonds is 5. The van der Waals surface area contributed by atoms with Crippen LogP contribution in [0.15, 0.2) is 42.5 Å². The molecule has 1 amide bonds. The summed E-state index contributed by atoms with van der Waals surface area (Å²) in [4.78, 5) is 29.5. The summed E-state index contributed by atoms with van der Waals surface area (Å²) in [5.74, 6) is 0.114. The molecular weight excluding hydrogens is 521 g/mol. The molecule has 216 valence electrons. The summed E-state index contributed by atoms with van der Waals surface area (Å²) in [6, 6.07) is 10.9. The number of carbonyl (C=O) groups is 2. The molecule has 1 saturated heterocycles. The minimum atomic E-state index is -4.46. The number of carboxylic acids is 1. The fourth-order valence-corrected chi connectivity index (χ4v) is 7.10. The first-order valence-corrected chi connectivity index (χ1v) is 14.1. The number of nitrogens with zero attached hydrogens (tertiary/aromatic N) is 2. The molecule has 2 aliphatic heterocycles. The van der Waals surface area contributed by atoms with Crippen LogP contribution in [0.1, 0.15) is 79.4 Å². The van der Waals surface area contributed by atoms with Gasteiger partial charge >= 0.3 is 12.1 Å². The average molecular weight is 559 g/mol. The molecule has 0 unspecified atom stereocenters. The van der Waals surface area contributed by atoms with Gasteiger partial charge in [-0.2, -0.15) is 13.2 Å². The van der Waals surface area contributed by atoms with Crippen LogP contribution in [0.2, 0.25) is 0 Å². The van der Waals surface area contributed by atoms with Gasteiger partial charge in [0.2, 0.25) is 5.91 Å². The SMILES string of the molecule is CC(C)[C@]1(C(=O)N2COc3ccc(C(F)(F)F)cc3C2)CC[C@@H](N2CC[C@@H](c3cccc(C(=O)O)c3)[C@@H](C)C2)C1. The second-order valence-corrected chi connectivity index (χ2v) is 12.1. The Labute approximate surface area is 233 Å². The molecule has 2 fully saturated rings. The third-order valence-corrected chi connectivity index (χ3v) is 9.48. The van der Waals surface area contributed by atoms with E-state index in [-0.39, 0.29) is 37.1 Å². The summed E-state index contributed by atoms with van der Waals surface area (Å²) in [6.07, 6.45) is -1.21. The molecule has 9 heteroatoms. The van der Waals surface area contributed by atoms with E-state index in [1.807, 2.05) is 12.1 Å². The fourth-order valence-electron chi connectivity index (χ4n) is 7.10. The molecule has 1 saturated carbocycles. The molecular formula is C31H37F3N2O4. The molecule has 40 heavy (non-hydrogen) atoms. The molecule has 0 radical (unpaired) electrons. The summed E-state index contributed by atoms with van der Waals surface area (Å²) >= 11 is 0. The largest absolute Gasteiger partial charge is 0.478 e. The first-order valence-electron chi connectivity index (χ1n) is 14.1. The van der Waals surface area contributed by atoms with Gasteiger partial charge in [0.1, 0.15) is 5.75 Å². The highest BCUT2D eigenvalue weighted by Crippen LogP contribution is 2.49. The monoisotopic (exact) mass is 558 g/mol. The first kappa shape index (κ1) is 28.5. The Balaban J connectivity index is 1.28. The predicted octanol–water partition coefficient (Wildman–Crippen LogP) is 6.40. The average Bonchev–Trinajstić information content (AvgIpc) is 3.38. The number of piperidine rings is 1. The van der Waals surface area contributed by atoms with Crippen molar-refractivity contribution >= 4 is 11.9 Å². The van der Waals surface area contributed by atoms with Crippen molar-refractivity contribution in [2.24, 2.45) is 17.3 Å². The molecule has 0 bridgehead atoms. The number of carboxylic acid groups (broad SMARTS) is 1. The van der Waals surface area contributed by atoms with E-state index in [1.54, 1.807) is 17.0 Å². The van der Waals surface area contributed by atoms with E-state index >= 15 is 0 Å². The number of amides is 1. The van der Waals surface area contributed by atoms with E-state index in [0.717, 1.165) is 50.0 Å². The van der Waals surface area contributed by atoms with Crippen molar-refractivity contribution in [3.05, 3.63) is 64.7 Å². The smallest absolute Gasteiger partial charge is 0.416 e. The zero-order chi connectivity index (χ0) is 28.8. The predicted molar refractivity (Wildman–Crippen MR) is 144 cm³/mol. The lowest BCUT2D eigenvalue weighted by Crippen LogP contribution is -2.49. The van der Waals surface area contributed by atoms with Gasteiger partial charge in [0.25, 0.3) is 0 Å². The first-order chi connectivity index (χ1) is 18.9. The van der Waals surface area contributed by atoms with Crippen LogP contribution in [-0.2, 0) is 17.5 Å². The summed E-state index contributed by atoms with van der Waals surface area (Å²) in [5.41, 5.74) is 0.413. The van der Waals surface area contributed by atoms with Crippen LogP contribution in [0, 0.1) is 17.3 Å². The summed E-state index contributed by atoms with van der Waals surface area (Å²) in [6.45, 7) is 8.21. The Hall–Kier alpha value is -3.07. The summed E-state index contributed by atoms with van der Waals surface area (Å²) in [7, 11) is 0. The number of likely N-dealkylation sites (tertiary alicyclic amines) is 1. The minimum Gasteiger partial charge on any atom is -0.478 e. The number of fused-ring (bicyclic) bond motifs is 1. The van der Waals surface area contributed by atoms with Crippen LogP contribution < -0.4 is 4.74 Å². The maximum Gasteiger partial charge on any atom is 0.416 e. The number of carbonyl (C=O) groups excluding carboxylic acids is 1. The van der Waals surface area contributed by atoms with Crippen LogP contribution in [0.4, 0.5) is 13.2 Å². The molecule has 4 atom stereocenters. The van der Waals surface area contributed by atoms with Crippen molar-refractivity contribution in [2.45, 2.75) is 71.1 Å². The van der Waals surface area contributed by atoms with Gasteiger partial charge in [-0.3, -0.25) is 4.79 Å². The number of hydrogen-bond acceptors (Lipinski definition) is 4. The van der Waals surface area contributed by atoms with Crippen molar-refractivity contribution in [2.75, 3.05) is 19.8 Å². The number of aromatic carboxylic acids is 1. The quantitative estimate of drug-likeness (QED) is 0.460. The number of alkyl halides is 3. The molecule has 1 N–H and O–H groups in total. The van der Waals surface area contributed by atoms with E-state index in [0.29, 0.717) is 29.2 Å². The highest BCUT2D eigenvalue weighted by molar-refractivity contribution is 5.87. The number of benzene rings is 2. The molecule has 0 spiro atoms. The topological polar surface area (TPSA) is 70.1 Å². The Morgan fingerprint density at radius 2 is 1.90 bits per heavy atom. The van der Waals surface area contributed by atoms with Crippen LogP contribution in [0.5, 0.6) is 5.75 Å². The third-order valence-electron chi connectivity index (χ3n) is 9.48. The summed E-state index contributed by atoms with van der Waals surface area (Å²) < 4.78 is 45.6. The lowest BCUT2D eigenvalue weighted by Gasteiger charge is -2.42. The van der Waals surface area contributed by atoms with Gasteiger partial charge in [0.05, 0.1) is 23.1 Å². The van der Waals surface area contributed by atoms with E-state index in [2.05, 4.69) is 25.7 Å². The Kier molecular flexibility index (Phi) is 7.63. The molecule has 2 aromatic rings. The maximum atomic E-state index is 14.0. The van der Waals surface area contributed by atoms with Crippen molar-refractivity contribution in [3.63, 3.8) is 0 Å². The van der Waals surface area contributed by atoms with Gasteiger partial charge in [-0.1, -0.05) is 32.9 Å². The molecule has 2 heterocycles. The second-order valence-electron chi connectivity index (χ2n) is 12.1. The molecule has 2 aromatic carbocycles. The van der Waals surface area contributed by atoms with Crippen molar-refractivity contribution in [3.8, 4) is 5.75 Å². The lowest BCUT2D eigenvalue weighted by atomic mass is 9.74. The molecule has 3 aliphatic rings. The van der Waals surface area contributed by atoms with Crippen molar-refractivity contribution < 1.29 is 32.6 Å². The normalized spacial score (nSPS) is 27.4. The van der Waals surface area contributed by atoms with Crippen LogP contribution in [0.3, 0.4) is 0 Å². The maximum absolute atomic E-state index is 14.0. The van der Waals surface area contributed by atoms with E-state index in [1.165, 1.54) is 6.07 Å². The van der Waals surface area contributed by atoms with E-state index < -0.39 is 23.1 Å². The zero-order valence-corrected chi connectivity index (χ0v) is 23.2. The van der Waals surface area contributed by atoms with E-state index in [9.17, 15) is 27.9 Å². The van der Waals surface area contributed by atoms with Gasteiger partial charge in [0.15, 0.2) is 6.73 Å². The van der Waals surface area contributed by atoms with Crippen molar-refractivity contribution in [1.82, 2.24) is 9.80 Å². The van der Waals surface area contributed by atoms with E-state index in [4.69, 9.17) is 4.74 Å². The number of halogens is 3. The van der Waals surface area contributed by atoms with Crippen LogP contribution in [0.25, 0.3) is 0 Å². The standard InChI is InChI=1S/C31H37F3N2O4/c1-19(2)30(29(39)36-17-23-14-24(31(32,33)34)7-8-27(23)40-18-36)11-9-25(15-30)35-12-10-26(20(3)16-35)21-5-4-6-22(13-21)28(37)38/h4-8,13-14,19-20,25-26H,9-12,15-18H2,1-3H3,(H,37,38)/t20-,25+,26+,30-/m0/s1. The molecule has 1 aliphatic carbocycles. The van der Waals surface area contributed by atoms with Gasteiger partial charge in [-0.15, -0.1) is 0 Å². The van der Waals surface area contributed by atoms with Crippen LogP contribution in [-0.4, -0.2) is 52.6 Å². The van der Waals surface area contributed by atoms with Gasteiger partial charge in [-0.05, 0) is 85.9 Å². The summed E-state index contributed by atoms with van der Waals surface area (Å²) in [5, 5.41) is 9.39. The highest BCUT2D eigenvalue weighted by atomic mass is 19.4. The Morgan fingerprint density at radius 1 is 1.12 bits per heavy atom. The van der Waals surface area contributed by atoms with Crippen molar-refractivity contribution in [1.29, 1.82) is 0 Å². The van der Waals surface area contributed by atoms with Gasteiger partial charge in [-0.25, -0.2) is 4.79 Å². The molecule has 5 rings (SSSR count). The number of ether oxygens (including phenoxy) is 1. The van der Waals surface area contributed by atoms with Gasteiger partial charge in [0, 0.05) is 18.2 Å². The Morgan fingerprint density at radius 3 is 2.58 bits per heavy atom.